The Labute approximate surface area is 89.2 Å². The number of carbonyl (C=O) groups excluding carboxylic acids is 1. The van der Waals surface area contributed by atoms with E-state index in [4.69, 9.17) is 5.73 Å². The number of alkyl halides is 2. The highest BCUT2D eigenvalue weighted by Crippen LogP contribution is 2.25. The predicted octanol–water partition coefficient (Wildman–Crippen LogP) is 1.92. The van der Waals surface area contributed by atoms with Crippen LogP contribution in [0.4, 0.5) is 19.0 Å². The zero-order valence-corrected chi connectivity index (χ0v) is 8.34. The molecule has 88 valence electrons. The van der Waals surface area contributed by atoms with E-state index in [1.54, 1.807) is 0 Å². The summed E-state index contributed by atoms with van der Waals surface area (Å²) >= 11 is 0. The van der Waals surface area contributed by atoms with E-state index >= 15 is 0 Å². The fourth-order valence-electron chi connectivity index (χ4n) is 1.05. The molecule has 16 heavy (non-hydrogen) atoms. The van der Waals surface area contributed by atoms with Crippen LogP contribution in [0.5, 0.6) is 0 Å². The van der Waals surface area contributed by atoms with Crippen molar-refractivity contribution in [3.8, 4) is 0 Å². The second kappa shape index (κ2) is 4.82. The maximum atomic E-state index is 13.1. The number of pyridine rings is 1. The summed E-state index contributed by atoms with van der Waals surface area (Å²) in [5.74, 6) is -2.91. The Morgan fingerprint density at radius 3 is 2.75 bits per heavy atom. The van der Waals surface area contributed by atoms with Crippen molar-refractivity contribution in [3.05, 3.63) is 23.1 Å². The van der Waals surface area contributed by atoms with Gasteiger partial charge >= 0.3 is 5.97 Å². The zero-order valence-electron chi connectivity index (χ0n) is 8.34. The lowest BCUT2D eigenvalue weighted by Crippen LogP contribution is -2.11. The highest BCUT2D eigenvalue weighted by Gasteiger charge is 2.21. The van der Waals surface area contributed by atoms with Crippen molar-refractivity contribution in [2.75, 3.05) is 12.3 Å². The van der Waals surface area contributed by atoms with Gasteiger partial charge in [-0.1, -0.05) is 0 Å². The molecule has 0 saturated heterocycles. The topological polar surface area (TPSA) is 65.2 Å². The lowest BCUT2D eigenvalue weighted by Gasteiger charge is -2.07. The largest absolute Gasteiger partial charge is 0.462 e. The van der Waals surface area contributed by atoms with E-state index in [-0.39, 0.29) is 6.61 Å². The Morgan fingerprint density at radius 1 is 1.62 bits per heavy atom. The SMILES string of the molecule is CCOC(=O)c1cc(C(F)F)c(N)nc1F. The van der Waals surface area contributed by atoms with Gasteiger partial charge in [0.15, 0.2) is 0 Å². The summed E-state index contributed by atoms with van der Waals surface area (Å²) in [6.45, 7) is 1.52. The Kier molecular flexibility index (Phi) is 3.70. The van der Waals surface area contributed by atoms with Gasteiger partial charge in [0.1, 0.15) is 11.4 Å². The third-order valence-electron chi connectivity index (χ3n) is 1.77. The number of nitrogens with zero attached hydrogens (tertiary/aromatic N) is 1. The number of anilines is 1. The molecule has 4 nitrogen and oxygen atoms in total. The number of carbonyl (C=O) groups is 1. The molecular formula is C9H9F3N2O2. The number of rotatable bonds is 3. The van der Waals surface area contributed by atoms with Crippen molar-refractivity contribution in [2.45, 2.75) is 13.3 Å². The molecule has 0 atom stereocenters. The minimum absolute atomic E-state index is 0.00661. The molecule has 0 aliphatic carbocycles. The first-order chi connectivity index (χ1) is 7.47. The summed E-state index contributed by atoms with van der Waals surface area (Å²) < 4.78 is 42.4. The minimum Gasteiger partial charge on any atom is -0.462 e. The quantitative estimate of drug-likeness (QED) is 0.641. The second-order valence-corrected chi connectivity index (χ2v) is 2.82. The van der Waals surface area contributed by atoms with Gasteiger partial charge in [-0.2, -0.15) is 4.39 Å². The molecule has 1 rings (SSSR count). The molecule has 1 heterocycles. The molecule has 0 aromatic carbocycles. The van der Waals surface area contributed by atoms with Crippen molar-refractivity contribution < 1.29 is 22.7 Å². The van der Waals surface area contributed by atoms with Gasteiger partial charge in [0.25, 0.3) is 6.43 Å². The highest BCUT2D eigenvalue weighted by molar-refractivity contribution is 5.89. The highest BCUT2D eigenvalue weighted by atomic mass is 19.3. The Morgan fingerprint density at radius 2 is 2.25 bits per heavy atom. The van der Waals surface area contributed by atoms with Crippen LogP contribution < -0.4 is 5.73 Å². The first-order valence-electron chi connectivity index (χ1n) is 4.38. The lowest BCUT2D eigenvalue weighted by atomic mass is 10.2. The molecule has 0 aliphatic rings. The van der Waals surface area contributed by atoms with Crippen LogP contribution >= 0.6 is 0 Å². The Bertz CT molecular complexity index is 410. The number of ether oxygens (including phenoxy) is 1. The Hall–Kier alpha value is -1.79. The zero-order chi connectivity index (χ0) is 12.3. The first-order valence-corrected chi connectivity index (χ1v) is 4.38. The van der Waals surface area contributed by atoms with Gasteiger partial charge in [0.2, 0.25) is 5.95 Å². The number of hydrogen-bond acceptors (Lipinski definition) is 4. The molecule has 0 aliphatic heterocycles. The Balaban J connectivity index is 3.19. The molecule has 0 spiro atoms. The van der Waals surface area contributed by atoms with Gasteiger partial charge < -0.3 is 10.5 Å². The van der Waals surface area contributed by atoms with Gasteiger partial charge in [0.05, 0.1) is 12.2 Å². The van der Waals surface area contributed by atoms with Gasteiger partial charge in [-0.15, -0.1) is 0 Å². The molecule has 0 radical (unpaired) electrons. The van der Waals surface area contributed by atoms with Crippen molar-refractivity contribution in [3.63, 3.8) is 0 Å². The van der Waals surface area contributed by atoms with E-state index in [9.17, 15) is 18.0 Å². The number of hydrogen-bond donors (Lipinski definition) is 1. The molecule has 0 unspecified atom stereocenters. The normalized spacial score (nSPS) is 10.6. The van der Waals surface area contributed by atoms with Gasteiger partial charge in [-0.3, -0.25) is 0 Å². The number of nitrogen functional groups attached to an aromatic ring is 1. The van der Waals surface area contributed by atoms with Crippen LogP contribution in [0.25, 0.3) is 0 Å². The van der Waals surface area contributed by atoms with Crippen LogP contribution in [0.3, 0.4) is 0 Å². The number of nitrogens with two attached hydrogens (primary N) is 1. The summed E-state index contributed by atoms with van der Waals surface area (Å²) in [4.78, 5) is 14.2. The van der Waals surface area contributed by atoms with Crippen LogP contribution in [0.15, 0.2) is 6.07 Å². The molecule has 0 saturated carbocycles. The smallest absolute Gasteiger partial charge is 0.342 e. The fraction of sp³-hybridized carbons (Fsp3) is 0.333. The molecule has 2 N–H and O–H groups in total. The van der Waals surface area contributed by atoms with E-state index in [1.165, 1.54) is 6.92 Å². The van der Waals surface area contributed by atoms with Crippen molar-refractivity contribution in [1.29, 1.82) is 0 Å². The number of aromatic nitrogens is 1. The minimum atomic E-state index is -2.93. The standard InChI is InChI=1S/C9H9F3N2O2/c1-2-16-9(15)5-3-4(6(10)11)8(13)14-7(5)12/h3,6H,2H2,1H3,(H2,13,14). The summed E-state index contributed by atoms with van der Waals surface area (Å²) in [7, 11) is 0. The van der Waals surface area contributed by atoms with Crippen LogP contribution in [0.1, 0.15) is 29.3 Å². The van der Waals surface area contributed by atoms with Crippen LogP contribution in [-0.4, -0.2) is 17.6 Å². The average molecular weight is 234 g/mol. The monoisotopic (exact) mass is 234 g/mol. The van der Waals surface area contributed by atoms with Crippen LogP contribution in [0, 0.1) is 5.95 Å². The summed E-state index contributed by atoms with van der Waals surface area (Å²) in [5, 5.41) is 0. The van der Waals surface area contributed by atoms with Crippen LogP contribution in [0.2, 0.25) is 0 Å². The van der Waals surface area contributed by atoms with Crippen molar-refractivity contribution in [2.24, 2.45) is 0 Å². The molecule has 7 heteroatoms. The van der Waals surface area contributed by atoms with Crippen molar-refractivity contribution >= 4 is 11.8 Å². The van der Waals surface area contributed by atoms with E-state index in [1.807, 2.05) is 0 Å². The van der Waals surface area contributed by atoms with E-state index in [2.05, 4.69) is 9.72 Å². The third-order valence-corrected chi connectivity index (χ3v) is 1.77. The number of halogens is 3. The maximum Gasteiger partial charge on any atom is 0.342 e. The maximum absolute atomic E-state index is 13.1. The third kappa shape index (κ3) is 2.41. The second-order valence-electron chi connectivity index (χ2n) is 2.82. The molecule has 0 fully saturated rings. The van der Waals surface area contributed by atoms with Crippen LogP contribution in [-0.2, 0) is 4.74 Å². The summed E-state index contributed by atoms with van der Waals surface area (Å²) in [5.41, 5.74) is 3.74. The first kappa shape index (κ1) is 12.3. The van der Waals surface area contributed by atoms with E-state index in [0.29, 0.717) is 6.07 Å². The van der Waals surface area contributed by atoms with Gasteiger partial charge in [0, 0.05) is 0 Å². The molecule has 1 aromatic rings. The summed E-state index contributed by atoms with van der Waals surface area (Å²) in [6.07, 6.45) is -2.93. The fourth-order valence-corrected chi connectivity index (χ4v) is 1.05. The molecule has 0 bridgehead atoms. The lowest BCUT2D eigenvalue weighted by molar-refractivity contribution is 0.0519. The van der Waals surface area contributed by atoms with Gasteiger partial charge in [-0.05, 0) is 13.0 Å². The molecule has 1 aromatic heterocycles. The van der Waals surface area contributed by atoms with E-state index in [0.717, 1.165) is 0 Å². The average Bonchev–Trinajstić information content (AvgIpc) is 2.17. The summed E-state index contributed by atoms with van der Waals surface area (Å²) in [6, 6.07) is 0.653. The number of esters is 1. The molecule has 0 amide bonds. The van der Waals surface area contributed by atoms with Crippen molar-refractivity contribution in [1.82, 2.24) is 4.98 Å². The van der Waals surface area contributed by atoms with Gasteiger partial charge in [-0.25, -0.2) is 18.6 Å². The predicted molar refractivity (Wildman–Crippen MR) is 49.5 cm³/mol. The van der Waals surface area contributed by atoms with E-state index < -0.39 is 35.3 Å². The molecular weight excluding hydrogens is 225 g/mol.